The second-order valence-corrected chi connectivity index (χ2v) is 3.53. The molecule has 0 bridgehead atoms. The molecule has 2 rings (SSSR count). The minimum atomic E-state index is 0.421. The topological polar surface area (TPSA) is 75.8 Å². The number of hydrogen-bond donors (Lipinski definition) is 1. The molecule has 4 nitrogen and oxygen atoms in total. The summed E-state index contributed by atoms with van der Waals surface area (Å²) in [5.74, 6) is 0.698. The number of nitrogens with two attached hydrogens (primary N) is 1. The minimum absolute atomic E-state index is 0.421. The van der Waals surface area contributed by atoms with Gasteiger partial charge in [0.2, 0.25) is 0 Å². The van der Waals surface area contributed by atoms with E-state index < -0.39 is 0 Å². The Morgan fingerprint density at radius 2 is 2.06 bits per heavy atom. The van der Waals surface area contributed by atoms with Gasteiger partial charge in [-0.3, -0.25) is 4.98 Å². The standard InChI is InChI=1S/C13H11N3O/c1-9-11(4-7-17-9)13(15)12(8-14)10-2-5-16-6-3-10/h2-7H,15H2,1H3/b13-12+. The summed E-state index contributed by atoms with van der Waals surface area (Å²) < 4.78 is 5.18. The van der Waals surface area contributed by atoms with Crippen molar-refractivity contribution < 1.29 is 4.42 Å². The van der Waals surface area contributed by atoms with Crippen LogP contribution in [0.2, 0.25) is 0 Å². The number of allylic oxidation sites excluding steroid dienone is 1. The van der Waals surface area contributed by atoms with Crippen LogP contribution in [0.15, 0.2) is 41.3 Å². The van der Waals surface area contributed by atoms with Crippen molar-refractivity contribution >= 4 is 11.3 Å². The summed E-state index contributed by atoms with van der Waals surface area (Å²) in [5.41, 5.74) is 8.35. The van der Waals surface area contributed by atoms with Gasteiger partial charge in [0, 0.05) is 18.0 Å². The van der Waals surface area contributed by atoms with Gasteiger partial charge < -0.3 is 10.2 Å². The zero-order valence-corrected chi connectivity index (χ0v) is 9.34. The zero-order valence-electron chi connectivity index (χ0n) is 9.34. The molecule has 2 aromatic rings. The van der Waals surface area contributed by atoms with Crippen LogP contribution >= 0.6 is 0 Å². The average Bonchev–Trinajstić information content (AvgIpc) is 2.77. The highest BCUT2D eigenvalue weighted by atomic mass is 16.3. The number of aromatic nitrogens is 1. The van der Waals surface area contributed by atoms with Gasteiger partial charge in [-0.2, -0.15) is 5.26 Å². The number of hydrogen-bond acceptors (Lipinski definition) is 4. The molecule has 0 atom stereocenters. The van der Waals surface area contributed by atoms with E-state index in [0.717, 1.165) is 11.1 Å². The van der Waals surface area contributed by atoms with Crippen molar-refractivity contribution in [2.75, 3.05) is 0 Å². The second-order valence-electron chi connectivity index (χ2n) is 3.53. The van der Waals surface area contributed by atoms with Gasteiger partial charge in [-0.15, -0.1) is 0 Å². The predicted octanol–water partition coefficient (Wildman–Crippen LogP) is 2.33. The molecule has 0 unspecified atom stereocenters. The molecule has 0 amide bonds. The fraction of sp³-hybridized carbons (Fsp3) is 0.0769. The van der Waals surface area contributed by atoms with E-state index in [1.807, 2.05) is 6.92 Å². The van der Waals surface area contributed by atoms with Gasteiger partial charge in [0.05, 0.1) is 17.5 Å². The minimum Gasteiger partial charge on any atom is -0.469 e. The van der Waals surface area contributed by atoms with E-state index in [4.69, 9.17) is 10.2 Å². The lowest BCUT2D eigenvalue weighted by atomic mass is 10.0. The summed E-state index contributed by atoms with van der Waals surface area (Å²) in [6, 6.07) is 7.37. The maximum Gasteiger partial charge on any atom is 0.109 e. The Balaban J connectivity index is 2.57. The van der Waals surface area contributed by atoms with Gasteiger partial charge in [-0.1, -0.05) is 0 Å². The van der Waals surface area contributed by atoms with Crippen molar-refractivity contribution in [2.24, 2.45) is 5.73 Å². The van der Waals surface area contributed by atoms with E-state index in [-0.39, 0.29) is 0 Å². The number of aryl methyl sites for hydroxylation is 1. The summed E-state index contributed by atoms with van der Waals surface area (Å²) in [6.07, 6.45) is 4.81. The molecule has 0 aliphatic carbocycles. The Kier molecular flexibility index (Phi) is 2.93. The number of pyridine rings is 1. The molecule has 0 saturated heterocycles. The monoisotopic (exact) mass is 225 g/mol. The van der Waals surface area contributed by atoms with E-state index >= 15 is 0 Å². The summed E-state index contributed by atoms with van der Waals surface area (Å²) in [7, 11) is 0. The van der Waals surface area contributed by atoms with E-state index in [1.54, 1.807) is 36.9 Å². The van der Waals surface area contributed by atoms with Gasteiger partial charge in [0.15, 0.2) is 0 Å². The van der Waals surface area contributed by atoms with E-state index in [2.05, 4.69) is 11.1 Å². The fourth-order valence-electron chi connectivity index (χ4n) is 1.60. The Morgan fingerprint density at radius 1 is 1.35 bits per heavy atom. The van der Waals surface area contributed by atoms with Crippen LogP contribution in [0.4, 0.5) is 0 Å². The molecule has 0 aromatic carbocycles. The van der Waals surface area contributed by atoms with Gasteiger partial charge in [0.1, 0.15) is 11.8 Å². The molecule has 0 saturated carbocycles. The van der Waals surface area contributed by atoms with Crippen LogP contribution in [0.3, 0.4) is 0 Å². The van der Waals surface area contributed by atoms with Crippen molar-refractivity contribution in [2.45, 2.75) is 6.92 Å². The van der Waals surface area contributed by atoms with E-state index in [1.165, 1.54) is 0 Å². The highest BCUT2D eigenvalue weighted by molar-refractivity contribution is 5.96. The fourth-order valence-corrected chi connectivity index (χ4v) is 1.60. The summed E-state index contributed by atoms with van der Waals surface area (Å²) in [4.78, 5) is 3.91. The molecule has 4 heteroatoms. The smallest absolute Gasteiger partial charge is 0.109 e. The number of nitrogens with zero attached hydrogens (tertiary/aromatic N) is 2. The quantitative estimate of drug-likeness (QED) is 0.796. The molecule has 0 radical (unpaired) electrons. The van der Waals surface area contributed by atoms with Crippen molar-refractivity contribution in [1.82, 2.24) is 4.98 Å². The van der Waals surface area contributed by atoms with Crippen molar-refractivity contribution in [3.63, 3.8) is 0 Å². The third-order valence-electron chi connectivity index (χ3n) is 2.50. The Labute approximate surface area is 99.0 Å². The SMILES string of the molecule is Cc1occc1/C(N)=C(/C#N)c1ccncc1. The van der Waals surface area contributed by atoms with Crippen LogP contribution in [0.1, 0.15) is 16.9 Å². The molecule has 0 spiro atoms. The van der Waals surface area contributed by atoms with Gasteiger partial charge in [-0.05, 0) is 30.7 Å². The Bertz CT molecular complexity index is 591. The van der Waals surface area contributed by atoms with Crippen LogP contribution in [0, 0.1) is 18.3 Å². The Hall–Kier alpha value is -2.54. The predicted molar refractivity (Wildman–Crippen MR) is 64.3 cm³/mol. The number of rotatable bonds is 2. The Morgan fingerprint density at radius 3 is 2.59 bits per heavy atom. The molecule has 0 aliphatic rings. The zero-order chi connectivity index (χ0) is 12.3. The first kappa shape index (κ1) is 11.0. The summed E-state index contributed by atoms with van der Waals surface area (Å²) >= 11 is 0. The number of furan rings is 1. The lowest BCUT2D eigenvalue weighted by molar-refractivity contribution is 0.533. The third-order valence-corrected chi connectivity index (χ3v) is 2.50. The molecule has 2 N–H and O–H groups in total. The van der Waals surface area contributed by atoms with E-state index in [0.29, 0.717) is 17.0 Å². The maximum absolute atomic E-state index is 9.20. The molecular formula is C13H11N3O. The highest BCUT2D eigenvalue weighted by Crippen LogP contribution is 2.24. The first-order valence-corrected chi connectivity index (χ1v) is 5.08. The molecular weight excluding hydrogens is 214 g/mol. The van der Waals surface area contributed by atoms with Crippen LogP contribution in [0.5, 0.6) is 0 Å². The van der Waals surface area contributed by atoms with Crippen molar-refractivity contribution in [3.05, 3.63) is 53.7 Å². The number of nitriles is 1. The largest absolute Gasteiger partial charge is 0.469 e. The van der Waals surface area contributed by atoms with Crippen LogP contribution < -0.4 is 5.73 Å². The highest BCUT2D eigenvalue weighted by Gasteiger charge is 2.11. The summed E-state index contributed by atoms with van der Waals surface area (Å²) in [5, 5.41) is 9.20. The van der Waals surface area contributed by atoms with E-state index in [9.17, 15) is 5.26 Å². The van der Waals surface area contributed by atoms with Crippen LogP contribution in [-0.2, 0) is 0 Å². The van der Waals surface area contributed by atoms with Gasteiger partial charge in [0.25, 0.3) is 0 Å². The normalized spacial score (nSPS) is 11.8. The van der Waals surface area contributed by atoms with Crippen molar-refractivity contribution in [1.29, 1.82) is 5.26 Å². The summed E-state index contributed by atoms with van der Waals surface area (Å²) in [6.45, 7) is 1.81. The van der Waals surface area contributed by atoms with Crippen LogP contribution in [0.25, 0.3) is 11.3 Å². The molecule has 2 aromatic heterocycles. The lowest BCUT2D eigenvalue weighted by Crippen LogP contribution is -2.01. The van der Waals surface area contributed by atoms with Crippen LogP contribution in [-0.4, -0.2) is 4.98 Å². The molecule has 84 valence electrons. The first-order chi connectivity index (χ1) is 8.24. The average molecular weight is 225 g/mol. The molecule has 0 fully saturated rings. The molecule has 17 heavy (non-hydrogen) atoms. The third kappa shape index (κ3) is 2.04. The second kappa shape index (κ2) is 4.54. The molecule has 2 heterocycles. The first-order valence-electron chi connectivity index (χ1n) is 5.08. The molecule has 0 aliphatic heterocycles. The van der Waals surface area contributed by atoms with Gasteiger partial charge in [-0.25, -0.2) is 0 Å². The maximum atomic E-state index is 9.20. The van der Waals surface area contributed by atoms with Crippen molar-refractivity contribution in [3.8, 4) is 6.07 Å². The van der Waals surface area contributed by atoms with Gasteiger partial charge >= 0.3 is 0 Å². The lowest BCUT2D eigenvalue weighted by Gasteiger charge is -2.04.